The maximum Gasteiger partial charge on any atom is 0.257 e. The van der Waals surface area contributed by atoms with E-state index in [0.717, 1.165) is 19.4 Å². The van der Waals surface area contributed by atoms with Gasteiger partial charge in [-0.15, -0.1) is 0 Å². The van der Waals surface area contributed by atoms with Gasteiger partial charge in [-0.3, -0.25) is 4.79 Å². The van der Waals surface area contributed by atoms with Crippen molar-refractivity contribution < 1.29 is 13.9 Å². The van der Waals surface area contributed by atoms with Crippen LogP contribution in [0.1, 0.15) is 42.3 Å². The van der Waals surface area contributed by atoms with Gasteiger partial charge >= 0.3 is 0 Å². The molecule has 0 radical (unpaired) electrons. The number of amides is 1. The number of carbonyl (C=O) groups is 1. The zero-order valence-electron chi connectivity index (χ0n) is 11.1. The summed E-state index contributed by atoms with van der Waals surface area (Å²) in [5.74, 6) is 0.723. The Bertz CT molecular complexity index is 393. The first kappa shape index (κ1) is 13.1. The molecule has 18 heavy (non-hydrogen) atoms. The molecular formula is C14H21NO3. The van der Waals surface area contributed by atoms with E-state index in [1.165, 1.54) is 6.42 Å². The fraction of sp³-hybridized carbons (Fsp3) is 0.643. The number of carbonyl (C=O) groups excluding carboxylic acids is 1. The maximum absolute atomic E-state index is 12.3. The molecule has 1 aliphatic rings. The minimum Gasteiger partial charge on any atom is -0.469 e. The van der Waals surface area contributed by atoms with Gasteiger partial charge in [-0.25, -0.2) is 0 Å². The van der Waals surface area contributed by atoms with Gasteiger partial charge in [0, 0.05) is 19.7 Å². The molecule has 1 amide bonds. The van der Waals surface area contributed by atoms with Crippen LogP contribution in [0.5, 0.6) is 0 Å². The number of nitrogens with zero attached hydrogens (tertiary/aromatic N) is 1. The lowest BCUT2D eigenvalue weighted by molar-refractivity contribution is -0.00315. The van der Waals surface area contributed by atoms with Crippen molar-refractivity contribution in [2.75, 3.05) is 19.7 Å². The molecular weight excluding hydrogens is 230 g/mol. The molecule has 1 aromatic heterocycles. The van der Waals surface area contributed by atoms with Gasteiger partial charge in [0.1, 0.15) is 5.76 Å². The van der Waals surface area contributed by atoms with Crippen LogP contribution < -0.4 is 0 Å². The van der Waals surface area contributed by atoms with Gasteiger partial charge in [0.25, 0.3) is 5.91 Å². The number of hydrogen-bond acceptors (Lipinski definition) is 3. The standard InChI is InChI=1S/C14H21NO3/c1-3-15(10-12-6-4-5-8-18-12)14(16)13-7-9-17-11(13)2/h7,9,12H,3-6,8,10H2,1-2H3. The van der Waals surface area contributed by atoms with E-state index in [0.29, 0.717) is 24.4 Å². The second-order valence-electron chi connectivity index (χ2n) is 4.72. The molecule has 4 heteroatoms. The van der Waals surface area contributed by atoms with Crippen LogP contribution in [0.4, 0.5) is 0 Å². The lowest BCUT2D eigenvalue weighted by Gasteiger charge is -2.29. The van der Waals surface area contributed by atoms with Crippen molar-refractivity contribution in [2.24, 2.45) is 0 Å². The van der Waals surface area contributed by atoms with Crippen LogP contribution in [0.15, 0.2) is 16.7 Å². The first-order valence-electron chi connectivity index (χ1n) is 6.67. The molecule has 0 bridgehead atoms. The third-order valence-electron chi connectivity index (χ3n) is 3.46. The molecule has 1 atom stereocenters. The molecule has 0 saturated carbocycles. The average Bonchev–Trinajstić information content (AvgIpc) is 2.82. The Morgan fingerprint density at radius 3 is 2.89 bits per heavy atom. The molecule has 2 heterocycles. The lowest BCUT2D eigenvalue weighted by atomic mass is 10.1. The van der Waals surface area contributed by atoms with Crippen LogP contribution >= 0.6 is 0 Å². The predicted octanol–water partition coefficient (Wildman–Crippen LogP) is 2.62. The van der Waals surface area contributed by atoms with Crippen molar-refractivity contribution >= 4 is 5.91 Å². The molecule has 0 aliphatic carbocycles. The van der Waals surface area contributed by atoms with Crippen LogP contribution in [-0.4, -0.2) is 36.6 Å². The third-order valence-corrected chi connectivity index (χ3v) is 3.46. The highest BCUT2D eigenvalue weighted by Gasteiger charge is 2.23. The summed E-state index contributed by atoms with van der Waals surface area (Å²) in [6, 6.07) is 1.74. The van der Waals surface area contributed by atoms with Gasteiger partial charge < -0.3 is 14.1 Å². The summed E-state index contributed by atoms with van der Waals surface area (Å²) in [5.41, 5.74) is 0.660. The van der Waals surface area contributed by atoms with E-state index in [4.69, 9.17) is 9.15 Å². The normalized spacial score (nSPS) is 19.8. The van der Waals surface area contributed by atoms with E-state index < -0.39 is 0 Å². The summed E-state index contributed by atoms with van der Waals surface area (Å²) in [4.78, 5) is 14.2. The Kier molecular flexibility index (Phi) is 4.42. The number of ether oxygens (including phenoxy) is 1. The summed E-state index contributed by atoms with van der Waals surface area (Å²) in [6.45, 7) is 6.01. The Labute approximate surface area is 108 Å². The van der Waals surface area contributed by atoms with Crippen molar-refractivity contribution in [3.05, 3.63) is 23.7 Å². The van der Waals surface area contributed by atoms with Crippen molar-refractivity contribution in [2.45, 2.75) is 39.2 Å². The second-order valence-corrected chi connectivity index (χ2v) is 4.72. The van der Waals surface area contributed by atoms with Crippen molar-refractivity contribution in [1.82, 2.24) is 4.90 Å². The van der Waals surface area contributed by atoms with E-state index in [2.05, 4.69) is 0 Å². The summed E-state index contributed by atoms with van der Waals surface area (Å²) >= 11 is 0. The number of likely N-dealkylation sites (N-methyl/N-ethyl adjacent to an activating group) is 1. The lowest BCUT2D eigenvalue weighted by Crippen LogP contribution is -2.39. The topological polar surface area (TPSA) is 42.7 Å². The molecule has 0 spiro atoms. The highest BCUT2D eigenvalue weighted by molar-refractivity contribution is 5.95. The molecule has 2 rings (SSSR count). The minimum atomic E-state index is 0.0397. The van der Waals surface area contributed by atoms with Crippen LogP contribution in [0, 0.1) is 6.92 Å². The van der Waals surface area contributed by atoms with Gasteiger partial charge in [0.15, 0.2) is 0 Å². The van der Waals surface area contributed by atoms with Gasteiger partial charge in [0.2, 0.25) is 0 Å². The molecule has 1 unspecified atom stereocenters. The molecule has 4 nitrogen and oxygen atoms in total. The van der Waals surface area contributed by atoms with E-state index in [1.54, 1.807) is 12.3 Å². The summed E-state index contributed by atoms with van der Waals surface area (Å²) in [6.07, 6.45) is 5.13. The predicted molar refractivity (Wildman–Crippen MR) is 68.6 cm³/mol. The highest BCUT2D eigenvalue weighted by atomic mass is 16.5. The maximum atomic E-state index is 12.3. The number of aryl methyl sites for hydroxylation is 1. The second kappa shape index (κ2) is 6.05. The van der Waals surface area contributed by atoms with Gasteiger partial charge in [0.05, 0.1) is 17.9 Å². The first-order valence-corrected chi connectivity index (χ1v) is 6.67. The van der Waals surface area contributed by atoms with Gasteiger partial charge in [-0.05, 0) is 39.2 Å². The van der Waals surface area contributed by atoms with E-state index in [9.17, 15) is 4.79 Å². The number of furan rings is 1. The van der Waals surface area contributed by atoms with Gasteiger partial charge in [-0.2, -0.15) is 0 Å². The summed E-state index contributed by atoms with van der Waals surface area (Å²) in [5, 5.41) is 0. The fourth-order valence-corrected chi connectivity index (χ4v) is 2.33. The SMILES string of the molecule is CCN(CC1CCCCO1)C(=O)c1ccoc1C. The fourth-order valence-electron chi connectivity index (χ4n) is 2.33. The average molecular weight is 251 g/mol. The first-order chi connectivity index (χ1) is 8.72. The van der Waals surface area contributed by atoms with Crippen LogP contribution in [0.25, 0.3) is 0 Å². The molecule has 1 saturated heterocycles. The Hall–Kier alpha value is -1.29. The number of hydrogen-bond donors (Lipinski definition) is 0. The molecule has 0 aromatic carbocycles. The smallest absolute Gasteiger partial charge is 0.257 e. The van der Waals surface area contributed by atoms with E-state index >= 15 is 0 Å². The van der Waals surface area contributed by atoms with Crippen molar-refractivity contribution in [1.29, 1.82) is 0 Å². The quantitative estimate of drug-likeness (QED) is 0.826. The van der Waals surface area contributed by atoms with E-state index in [1.807, 2.05) is 18.7 Å². The Morgan fingerprint density at radius 2 is 2.33 bits per heavy atom. The summed E-state index contributed by atoms with van der Waals surface area (Å²) < 4.78 is 10.9. The van der Waals surface area contributed by atoms with Crippen molar-refractivity contribution in [3.63, 3.8) is 0 Å². The molecule has 1 aromatic rings. The Balaban J connectivity index is 1.99. The third kappa shape index (κ3) is 2.93. The molecule has 1 aliphatic heterocycles. The van der Waals surface area contributed by atoms with Crippen LogP contribution in [-0.2, 0) is 4.74 Å². The monoisotopic (exact) mass is 251 g/mol. The Morgan fingerprint density at radius 1 is 1.50 bits per heavy atom. The van der Waals surface area contributed by atoms with Crippen LogP contribution in [0.2, 0.25) is 0 Å². The zero-order valence-corrected chi connectivity index (χ0v) is 11.1. The molecule has 100 valence electrons. The minimum absolute atomic E-state index is 0.0397. The van der Waals surface area contributed by atoms with E-state index in [-0.39, 0.29) is 12.0 Å². The zero-order chi connectivity index (χ0) is 13.0. The number of rotatable bonds is 4. The largest absolute Gasteiger partial charge is 0.469 e. The molecule has 1 fully saturated rings. The summed E-state index contributed by atoms with van der Waals surface area (Å²) in [7, 11) is 0. The molecule has 0 N–H and O–H groups in total. The van der Waals surface area contributed by atoms with Crippen LogP contribution in [0.3, 0.4) is 0 Å². The van der Waals surface area contributed by atoms with Crippen molar-refractivity contribution in [3.8, 4) is 0 Å². The van der Waals surface area contributed by atoms with Gasteiger partial charge in [-0.1, -0.05) is 0 Å². The highest BCUT2D eigenvalue weighted by Crippen LogP contribution is 2.17.